The van der Waals surface area contributed by atoms with Gasteiger partial charge in [0.1, 0.15) is 6.07 Å². The number of nitriles is 1. The number of hydrogen-bond donors (Lipinski definition) is 0. The van der Waals surface area contributed by atoms with Crippen LogP contribution in [0, 0.1) is 11.3 Å². The Bertz CT molecular complexity index is 577. The van der Waals surface area contributed by atoms with Gasteiger partial charge in [-0.25, -0.2) is 4.79 Å². The van der Waals surface area contributed by atoms with Crippen molar-refractivity contribution >= 4 is 11.7 Å². The van der Waals surface area contributed by atoms with Gasteiger partial charge in [0, 0.05) is 5.56 Å². The first-order valence-electron chi connectivity index (χ1n) is 5.80. The molecular weight excluding hydrogens is 264 g/mol. The maximum atomic E-state index is 11.1. The van der Waals surface area contributed by atoms with Gasteiger partial charge in [0.15, 0.2) is 18.1 Å². The molecule has 0 amide bonds. The summed E-state index contributed by atoms with van der Waals surface area (Å²) in [5.41, 5.74) is 1.37. The molecule has 0 N–H and O–H groups in total. The van der Waals surface area contributed by atoms with Crippen molar-refractivity contribution in [3.8, 4) is 17.6 Å². The molecule has 104 valence electrons. The van der Waals surface area contributed by atoms with E-state index in [1.54, 1.807) is 25.1 Å². The van der Waals surface area contributed by atoms with Crippen molar-refractivity contribution in [3.05, 3.63) is 23.8 Å². The molecule has 0 aromatic heterocycles. The van der Waals surface area contributed by atoms with E-state index in [0.717, 1.165) is 5.56 Å². The van der Waals surface area contributed by atoms with Crippen LogP contribution in [0.1, 0.15) is 12.5 Å². The Morgan fingerprint density at radius 2 is 2.25 bits per heavy atom. The largest absolute Gasteiger partial charge is 0.454 e. The average molecular weight is 276 g/mol. The monoisotopic (exact) mass is 276 g/mol. The third-order valence-corrected chi connectivity index (χ3v) is 2.47. The lowest BCUT2D eigenvalue weighted by atomic mass is 10.1. The molecule has 1 aromatic carbocycles. The Labute approximate surface area is 115 Å². The zero-order valence-corrected chi connectivity index (χ0v) is 10.8. The van der Waals surface area contributed by atoms with Crippen LogP contribution in [0.2, 0.25) is 0 Å². The Hall–Kier alpha value is -2.75. The Kier molecular flexibility index (Phi) is 4.39. The number of fused-ring (bicyclic) bond motifs is 1. The van der Waals surface area contributed by atoms with Crippen molar-refractivity contribution in [1.29, 1.82) is 5.26 Å². The Balaban J connectivity index is 1.90. The first-order valence-corrected chi connectivity index (χ1v) is 5.80. The SMILES string of the molecule is C/C(=N/OCC(=O)OCC#N)c1ccc2c(c1)OCO2. The molecule has 0 saturated carbocycles. The highest BCUT2D eigenvalue weighted by Crippen LogP contribution is 2.32. The van der Waals surface area contributed by atoms with E-state index in [4.69, 9.17) is 19.6 Å². The molecule has 0 fully saturated rings. The topological polar surface area (TPSA) is 90.1 Å². The second-order valence-corrected chi connectivity index (χ2v) is 3.84. The summed E-state index contributed by atoms with van der Waals surface area (Å²) in [6.07, 6.45) is 0. The smallest absolute Gasteiger partial charge is 0.348 e. The predicted octanol–water partition coefficient (Wildman–Crippen LogP) is 1.22. The van der Waals surface area contributed by atoms with Gasteiger partial charge in [-0.1, -0.05) is 5.16 Å². The first-order chi connectivity index (χ1) is 9.70. The van der Waals surface area contributed by atoms with E-state index in [-0.39, 0.29) is 20.0 Å². The predicted molar refractivity (Wildman–Crippen MR) is 67.3 cm³/mol. The lowest BCUT2D eigenvalue weighted by molar-refractivity contribution is -0.147. The maximum absolute atomic E-state index is 11.1. The number of rotatable bonds is 5. The fourth-order valence-electron chi connectivity index (χ4n) is 1.51. The first kappa shape index (κ1) is 13.7. The van der Waals surface area contributed by atoms with Crippen molar-refractivity contribution in [2.24, 2.45) is 5.16 Å². The summed E-state index contributed by atoms with van der Waals surface area (Å²) in [6, 6.07) is 7.05. The van der Waals surface area contributed by atoms with Crippen LogP contribution in [0.25, 0.3) is 0 Å². The van der Waals surface area contributed by atoms with Crippen LogP contribution in [0.5, 0.6) is 11.5 Å². The molecule has 0 radical (unpaired) electrons. The molecule has 7 nitrogen and oxygen atoms in total. The third-order valence-electron chi connectivity index (χ3n) is 2.47. The minimum Gasteiger partial charge on any atom is -0.454 e. The molecule has 20 heavy (non-hydrogen) atoms. The molecule has 1 aliphatic heterocycles. The number of carbonyl (C=O) groups excluding carboxylic acids is 1. The summed E-state index contributed by atoms with van der Waals surface area (Å²) < 4.78 is 15.0. The number of nitrogens with zero attached hydrogens (tertiary/aromatic N) is 2. The van der Waals surface area contributed by atoms with Crippen LogP contribution in [-0.2, 0) is 14.4 Å². The van der Waals surface area contributed by atoms with E-state index >= 15 is 0 Å². The second kappa shape index (κ2) is 6.43. The summed E-state index contributed by atoms with van der Waals surface area (Å²) in [5, 5.41) is 12.0. The Morgan fingerprint density at radius 3 is 3.05 bits per heavy atom. The molecule has 0 spiro atoms. The van der Waals surface area contributed by atoms with Crippen molar-refractivity contribution < 1.29 is 23.8 Å². The fourth-order valence-corrected chi connectivity index (χ4v) is 1.51. The van der Waals surface area contributed by atoms with Crippen LogP contribution >= 0.6 is 0 Å². The molecule has 0 saturated heterocycles. The van der Waals surface area contributed by atoms with Crippen molar-refractivity contribution in [1.82, 2.24) is 0 Å². The normalized spacial score (nSPS) is 12.7. The number of esters is 1. The zero-order chi connectivity index (χ0) is 14.4. The molecule has 0 unspecified atom stereocenters. The highest BCUT2D eigenvalue weighted by atomic mass is 16.7. The van der Waals surface area contributed by atoms with Crippen LogP contribution < -0.4 is 9.47 Å². The number of hydrogen-bond acceptors (Lipinski definition) is 7. The average Bonchev–Trinajstić information content (AvgIpc) is 2.92. The van der Waals surface area contributed by atoms with E-state index in [1.807, 2.05) is 6.07 Å². The maximum Gasteiger partial charge on any atom is 0.348 e. The molecule has 0 aliphatic carbocycles. The van der Waals surface area contributed by atoms with E-state index in [2.05, 4.69) is 9.89 Å². The van der Waals surface area contributed by atoms with Gasteiger partial charge in [0.2, 0.25) is 13.4 Å². The van der Waals surface area contributed by atoms with Crippen molar-refractivity contribution in [2.75, 3.05) is 20.0 Å². The van der Waals surface area contributed by atoms with Crippen LogP contribution in [0.3, 0.4) is 0 Å². The van der Waals surface area contributed by atoms with Crippen molar-refractivity contribution in [3.63, 3.8) is 0 Å². The van der Waals surface area contributed by atoms with Crippen LogP contribution in [0.15, 0.2) is 23.4 Å². The van der Waals surface area contributed by atoms with Gasteiger partial charge in [-0.2, -0.15) is 5.26 Å². The number of oxime groups is 1. The van der Waals surface area contributed by atoms with E-state index in [1.165, 1.54) is 0 Å². The number of carbonyl (C=O) groups is 1. The van der Waals surface area contributed by atoms with Gasteiger partial charge in [-0.05, 0) is 25.1 Å². The number of benzene rings is 1. The fraction of sp³-hybridized carbons (Fsp3) is 0.308. The molecule has 0 atom stereocenters. The van der Waals surface area contributed by atoms with Gasteiger partial charge in [0.05, 0.1) is 5.71 Å². The van der Waals surface area contributed by atoms with Gasteiger partial charge in [0.25, 0.3) is 0 Å². The van der Waals surface area contributed by atoms with Gasteiger partial charge in [-0.3, -0.25) is 0 Å². The minimum absolute atomic E-state index is 0.205. The lowest BCUT2D eigenvalue weighted by Crippen LogP contribution is -2.11. The molecule has 1 heterocycles. The molecule has 1 aliphatic rings. The van der Waals surface area contributed by atoms with Gasteiger partial charge < -0.3 is 19.0 Å². The van der Waals surface area contributed by atoms with Crippen LogP contribution in [0.4, 0.5) is 0 Å². The lowest BCUT2D eigenvalue weighted by Gasteiger charge is -2.03. The van der Waals surface area contributed by atoms with Gasteiger partial charge in [-0.15, -0.1) is 0 Å². The summed E-state index contributed by atoms with van der Waals surface area (Å²) in [6.45, 7) is 1.30. The molecule has 1 aromatic rings. The summed E-state index contributed by atoms with van der Waals surface area (Å²) in [7, 11) is 0. The molecule has 0 bridgehead atoms. The zero-order valence-electron chi connectivity index (χ0n) is 10.8. The molecular formula is C13H12N2O5. The number of ether oxygens (including phenoxy) is 3. The standard InChI is InChI=1S/C13H12N2O5/c1-9(15-20-7-13(16)17-5-4-14)10-2-3-11-12(6-10)19-8-18-11/h2-3,6H,5,7-8H2,1H3/b15-9-. The molecule has 2 rings (SSSR count). The summed E-state index contributed by atoms with van der Waals surface area (Å²) in [5.74, 6) is 0.682. The van der Waals surface area contributed by atoms with E-state index < -0.39 is 5.97 Å². The van der Waals surface area contributed by atoms with Crippen molar-refractivity contribution in [2.45, 2.75) is 6.92 Å². The van der Waals surface area contributed by atoms with E-state index in [0.29, 0.717) is 17.2 Å². The molecule has 7 heteroatoms. The van der Waals surface area contributed by atoms with Gasteiger partial charge >= 0.3 is 5.97 Å². The summed E-state index contributed by atoms with van der Waals surface area (Å²) >= 11 is 0. The van der Waals surface area contributed by atoms with Crippen LogP contribution in [-0.4, -0.2) is 31.7 Å². The Morgan fingerprint density at radius 1 is 1.45 bits per heavy atom. The minimum atomic E-state index is -0.645. The quantitative estimate of drug-likeness (QED) is 0.456. The highest BCUT2D eigenvalue weighted by molar-refractivity contribution is 5.98. The van der Waals surface area contributed by atoms with E-state index in [9.17, 15) is 4.79 Å². The second-order valence-electron chi connectivity index (χ2n) is 3.84. The third kappa shape index (κ3) is 3.38. The highest BCUT2D eigenvalue weighted by Gasteiger charge is 2.14. The summed E-state index contributed by atoms with van der Waals surface area (Å²) in [4.78, 5) is 15.9.